The van der Waals surface area contributed by atoms with Crippen LogP contribution in [0.15, 0.2) is 4.99 Å². The average molecular weight is 456 g/mol. The van der Waals surface area contributed by atoms with Gasteiger partial charge in [-0.05, 0) is 61.8 Å². The van der Waals surface area contributed by atoms with Crippen LogP contribution in [0.4, 0.5) is 4.79 Å². The van der Waals surface area contributed by atoms with Crippen molar-refractivity contribution in [2.24, 2.45) is 4.99 Å². The predicted molar refractivity (Wildman–Crippen MR) is 112 cm³/mol. The number of guanidine groups is 1. The van der Waals surface area contributed by atoms with Crippen LogP contribution < -0.4 is 10.6 Å². The Kier molecular flexibility index (Phi) is 11.7. The van der Waals surface area contributed by atoms with E-state index in [-0.39, 0.29) is 41.7 Å². The van der Waals surface area contributed by atoms with Crippen molar-refractivity contribution in [1.29, 1.82) is 0 Å². The summed E-state index contributed by atoms with van der Waals surface area (Å²) in [6, 6.07) is 0.108. The smallest absolute Gasteiger partial charge is 0.410 e. The van der Waals surface area contributed by atoms with E-state index in [1.807, 2.05) is 34.6 Å². The number of nitrogens with one attached hydrogen (secondary N) is 2. The summed E-state index contributed by atoms with van der Waals surface area (Å²) in [6.45, 7) is 17.3. The van der Waals surface area contributed by atoms with E-state index in [0.29, 0.717) is 6.54 Å². The van der Waals surface area contributed by atoms with Crippen LogP contribution in [0.5, 0.6) is 0 Å². The zero-order valence-electron chi connectivity index (χ0n) is 16.8. The first-order valence-corrected chi connectivity index (χ1v) is 8.34. The second-order valence-electron chi connectivity index (χ2n) is 8.00. The molecule has 0 aliphatic rings. The number of carbonyl (C=O) groups is 1. The van der Waals surface area contributed by atoms with Crippen molar-refractivity contribution < 1.29 is 9.53 Å². The third-order valence-corrected chi connectivity index (χ3v) is 2.84. The Bertz CT molecular complexity index is 398. The van der Waals surface area contributed by atoms with Gasteiger partial charge in [-0.15, -0.1) is 24.0 Å². The van der Waals surface area contributed by atoms with Crippen LogP contribution in [0.2, 0.25) is 0 Å². The lowest BCUT2D eigenvalue weighted by molar-refractivity contribution is 0.0190. The molecule has 2 N–H and O–H groups in total. The molecule has 0 aromatic carbocycles. The van der Waals surface area contributed by atoms with Crippen molar-refractivity contribution in [3.05, 3.63) is 0 Å². The highest BCUT2D eigenvalue weighted by Crippen LogP contribution is 2.12. The Labute approximate surface area is 165 Å². The standard InChI is InChI=1S/C17H36N4O2.HI/c1-13(2)21(15(22)23-17(6,7)8)12-10-11-19-14(18-9)20-16(3,4)5;/h13H,10-12H2,1-9H3,(H2,18,19,20);1H. The van der Waals surface area contributed by atoms with Gasteiger partial charge in [0.05, 0.1) is 0 Å². The summed E-state index contributed by atoms with van der Waals surface area (Å²) in [5.41, 5.74) is -0.510. The van der Waals surface area contributed by atoms with Gasteiger partial charge in [0.25, 0.3) is 0 Å². The summed E-state index contributed by atoms with van der Waals surface area (Å²) in [5, 5.41) is 6.57. The van der Waals surface area contributed by atoms with Crippen molar-refractivity contribution in [3.8, 4) is 0 Å². The van der Waals surface area contributed by atoms with E-state index in [1.165, 1.54) is 0 Å². The maximum absolute atomic E-state index is 12.2. The number of hydrogen-bond acceptors (Lipinski definition) is 3. The molecule has 0 unspecified atom stereocenters. The van der Waals surface area contributed by atoms with Gasteiger partial charge in [-0.3, -0.25) is 4.99 Å². The molecule has 0 aliphatic heterocycles. The maximum atomic E-state index is 12.2. The van der Waals surface area contributed by atoms with E-state index in [1.54, 1.807) is 11.9 Å². The van der Waals surface area contributed by atoms with Crippen molar-refractivity contribution in [2.75, 3.05) is 20.1 Å². The number of aliphatic imine (C=N–C) groups is 1. The summed E-state index contributed by atoms with van der Waals surface area (Å²) in [7, 11) is 1.75. The lowest BCUT2D eigenvalue weighted by atomic mass is 10.1. The van der Waals surface area contributed by atoms with Crippen LogP contribution >= 0.6 is 24.0 Å². The Morgan fingerprint density at radius 3 is 2.08 bits per heavy atom. The second kappa shape index (κ2) is 11.0. The van der Waals surface area contributed by atoms with E-state index < -0.39 is 5.60 Å². The number of nitrogens with zero attached hydrogens (tertiary/aromatic N) is 2. The summed E-state index contributed by atoms with van der Waals surface area (Å²) >= 11 is 0. The van der Waals surface area contributed by atoms with Crippen LogP contribution in [0, 0.1) is 0 Å². The molecule has 144 valence electrons. The van der Waals surface area contributed by atoms with Crippen LogP contribution in [-0.4, -0.2) is 54.3 Å². The topological polar surface area (TPSA) is 66.0 Å². The molecular formula is C17H37IN4O2. The number of hydrogen-bond donors (Lipinski definition) is 2. The Balaban J connectivity index is 0. The second-order valence-corrected chi connectivity index (χ2v) is 8.00. The average Bonchev–Trinajstić information content (AvgIpc) is 2.32. The number of amides is 1. The molecule has 0 rings (SSSR count). The van der Waals surface area contributed by atoms with Gasteiger partial charge in [0, 0.05) is 31.7 Å². The largest absolute Gasteiger partial charge is 0.444 e. The van der Waals surface area contributed by atoms with Crippen LogP contribution in [0.3, 0.4) is 0 Å². The van der Waals surface area contributed by atoms with E-state index in [9.17, 15) is 4.79 Å². The van der Waals surface area contributed by atoms with Gasteiger partial charge in [0.2, 0.25) is 0 Å². The number of carbonyl (C=O) groups excluding carboxylic acids is 1. The molecule has 0 aromatic rings. The Morgan fingerprint density at radius 1 is 1.17 bits per heavy atom. The van der Waals surface area contributed by atoms with Crippen LogP contribution in [-0.2, 0) is 4.74 Å². The van der Waals surface area contributed by atoms with Crippen molar-refractivity contribution in [3.63, 3.8) is 0 Å². The minimum atomic E-state index is -0.471. The van der Waals surface area contributed by atoms with Gasteiger partial charge in [0.15, 0.2) is 5.96 Å². The maximum Gasteiger partial charge on any atom is 0.410 e. The van der Waals surface area contributed by atoms with E-state index >= 15 is 0 Å². The van der Waals surface area contributed by atoms with Gasteiger partial charge in [-0.25, -0.2) is 4.79 Å². The summed E-state index contributed by atoms with van der Waals surface area (Å²) in [5.74, 6) is 0.769. The molecule has 0 fully saturated rings. The highest BCUT2D eigenvalue weighted by atomic mass is 127. The van der Waals surface area contributed by atoms with Gasteiger partial charge in [-0.1, -0.05) is 0 Å². The molecule has 0 atom stereocenters. The Hall–Kier alpha value is -0.730. The van der Waals surface area contributed by atoms with Crippen molar-refractivity contribution in [1.82, 2.24) is 15.5 Å². The molecule has 0 bridgehead atoms. The molecule has 1 amide bonds. The van der Waals surface area contributed by atoms with Gasteiger partial charge < -0.3 is 20.3 Å². The number of rotatable bonds is 5. The fourth-order valence-electron chi connectivity index (χ4n) is 1.87. The minimum absolute atomic E-state index is 0. The van der Waals surface area contributed by atoms with Gasteiger partial charge in [0.1, 0.15) is 5.60 Å². The first-order chi connectivity index (χ1) is 10.4. The summed E-state index contributed by atoms with van der Waals surface area (Å²) in [6.07, 6.45) is 0.562. The zero-order valence-corrected chi connectivity index (χ0v) is 19.1. The van der Waals surface area contributed by atoms with Gasteiger partial charge >= 0.3 is 6.09 Å². The van der Waals surface area contributed by atoms with Crippen molar-refractivity contribution in [2.45, 2.75) is 79.0 Å². The molecule has 0 spiro atoms. The number of halogens is 1. The molecule has 0 saturated heterocycles. The molecule has 6 nitrogen and oxygen atoms in total. The number of ether oxygens (including phenoxy) is 1. The van der Waals surface area contributed by atoms with Crippen LogP contribution in [0.25, 0.3) is 0 Å². The SMILES string of the molecule is CN=C(NCCCN(C(=O)OC(C)(C)C)C(C)C)NC(C)(C)C.I. The fourth-order valence-corrected chi connectivity index (χ4v) is 1.87. The fraction of sp³-hybridized carbons (Fsp3) is 0.882. The monoisotopic (exact) mass is 456 g/mol. The van der Waals surface area contributed by atoms with Crippen molar-refractivity contribution >= 4 is 36.0 Å². The highest BCUT2D eigenvalue weighted by molar-refractivity contribution is 14.0. The van der Waals surface area contributed by atoms with E-state index in [2.05, 4.69) is 36.4 Å². The summed E-state index contributed by atoms with van der Waals surface area (Å²) in [4.78, 5) is 18.2. The van der Waals surface area contributed by atoms with E-state index in [4.69, 9.17) is 4.74 Å². The Morgan fingerprint density at radius 2 is 1.71 bits per heavy atom. The molecule has 7 heteroatoms. The first kappa shape index (κ1) is 25.5. The third-order valence-electron chi connectivity index (χ3n) is 2.84. The molecule has 0 radical (unpaired) electrons. The lowest BCUT2D eigenvalue weighted by Gasteiger charge is -2.30. The molecule has 0 aromatic heterocycles. The molecule has 0 saturated carbocycles. The molecular weight excluding hydrogens is 419 g/mol. The quantitative estimate of drug-likeness (QED) is 0.287. The van der Waals surface area contributed by atoms with E-state index in [0.717, 1.165) is 18.9 Å². The highest BCUT2D eigenvalue weighted by Gasteiger charge is 2.23. The third kappa shape index (κ3) is 12.7. The van der Waals surface area contributed by atoms with Crippen LogP contribution in [0.1, 0.15) is 61.8 Å². The minimum Gasteiger partial charge on any atom is -0.444 e. The zero-order chi connectivity index (χ0) is 18.3. The lowest BCUT2D eigenvalue weighted by Crippen LogP contribution is -2.48. The summed E-state index contributed by atoms with van der Waals surface area (Å²) < 4.78 is 5.46. The predicted octanol–water partition coefficient (Wildman–Crippen LogP) is 3.60. The molecule has 0 heterocycles. The molecule has 24 heavy (non-hydrogen) atoms. The molecule has 0 aliphatic carbocycles. The first-order valence-electron chi connectivity index (χ1n) is 8.34. The van der Waals surface area contributed by atoms with Gasteiger partial charge in [-0.2, -0.15) is 0 Å². The normalized spacial score (nSPS) is 12.5.